The zero-order chi connectivity index (χ0) is 19.8. The van der Waals surface area contributed by atoms with E-state index in [0.29, 0.717) is 13.2 Å². The molecule has 9 nitrogen and oxygen atoms in total. The quantitative estimate of drug-likeness (QED) is 0.146. The molecule has 0 saturated heterocycles. The van der Waals surface area contributed by atoms with Crippen LogP contribution in [0.15, 0.2) is 0 Å². The number of carbonyl (C=O) groups excluding carboxylic acids is 1. The standard InChI is InChI=1S/C16H34NO8P.Na/c1-3-5-7-9-22-11-14(23-10-8-6-4-2)12-24-26(20,21)25-13-15(17)16(18)19;/h14-15H,3-13,17H2,1-2H3,(H,18,19)(H,20,21);/q;+1/p-1/t14-,15+;/m1./s1. The average Bonchev–Trinajstić information content (AvgIpc) is 2.60. The number of rotatable bonds is 18. The third-order valence-electron chi connectivity index (χ3n) is 3.44. The largest absolute Gasteiger partial charge is 1.00 e. The van der Waals surface area contributed by atoms with Crippen molar-refractivity contribution >= 4 is 13.8 Å². The minimum Gasteiger partial charge on any atom is -0.548 e. The molecule has 0 aliphatic carbocycles. The molecule has 27 heavy (non-hydrogen) atoms. The number of phosphoric ester groups is 1. The van der Waals surface area contributed by atoms with Crippen LogP contribution in [0.1, 0.15) is 52.4 Å². The number of hydrogen-bond acceptors (Lipinski definition) is 8. The molecule has 11 heteroatoms. The van der Waals surface area contributed by atoms with Gasteiger partial charge in [-0.25, -0.2) is 4.57 Å². The zero-order valence-corrected chi connectivity index (χ0v) is 19.7. The van der Waals surface area contributed by atoms with E-state index in [-0.39, 0.29) is 42.8 Å². The van der Waals surface area contributed by atoms with Crippen LogP contribution in [0, 0.1) is 0 Å². The summed E-state index contributed by atoms with van der Waals surface area (Å²) in [5.41, 5.74) is 5.16. The molecule has 0 amide bonds. The first-order valence-electron chi connectivity index (χ1n) is 9.10. The Morgan fingerprint density at radius 1 is 1.04 bits per heavy atom. The first kappa shape index (κ1) is 29.7. The summed E-state index contributed by atoms with van der Waals surface area (Å²) in [5, 5.41) is 10.5. The van der Waals surface area contributed by atoms with E-state index in [1.807, 2.05) is 0 Å². The van der Waals surface area contributed by atoms with Crippen molar-refractivity contribution in [3.05, 3.63) is 0 Å². The van der Waals surface area contributed by atoms with E-state index >= 15 is 0 Å². The van der Waals surface area contributed by atoms with E-state index in [2.05, 4.69) is 18.4 Å². The van der Waals surface area contributed by atoms with Crippen molar-refractivity contribution in [1.82, 2.24) is 0 Å². The van der Waals surface area contributed by atoms with Gasteiger partial charge in [-0.3, -0.25) is 9.05 Å². The van der Waals surface area contributed by atoms with Gasteiger partial charge in [0.2, 0.25) is 0 Å². The summed E-state index contributed by atoms with van der Waals surface area (Å²) in [5.74, 6) is -1.58. The fourth-order valence-corrected chi connectivity index (χ4v) is 2.65. The Morgan fingerprint density at radius 3 is 2.15 bits per heavy atom. The number of phosphoric acid groups is 1. The van der Waals surface area contributed by atoms with Gasteiger partial charge in [-0.2, -0.15) is 0 Å². The maximum atomic E-state index is 11.8. The maximum absolute atomic E-state index is 11.8. The molecule has 0 fully saturated rings. The second kappa shape index (κ2) is 18.5. The van der Waals surface area contributed by atoms with Gasteiger partial charge >= 0.3 is 37.4 Å². The minimum absolute atomic E-state index is 0. The van der Waals surface area contributed by atoms with Crippen molar-refractivity contribution in [3.63, 3.8) is 0 Å². The number of hydrogen-bond donors (Lipinski definition) is 2. The molecule has 0 aromatic rings. The van der Waals surface area contributed by atoms with Crippen LogP contribution in [0.5, 0.6) is 0 Å². The number of carbonyl (C=O) groups is 1. The summed E-state index contributed by atoms with van der Waals surface area (Å²) in [6, 6.07) is -1.51. The number of carboxylic acid groups (broad SMARTS) is 1. The molecule has 0 spiro atoms. The fourth-order valence-electron chi connectivity index (χ4n) is 1.87. The van der Waals surface area contributed by atoms with Crippen molar-refractivity contribution in [2.75, 3.05) is 33.0 Å². The number of carboxylic acids is 1. The van der Waals surface area contributed by atoms with E-state index in [4.69, 9.17) is 19.7 Å². The van der Waals surface area contributed by atoms with Crippen molar-refractivity contribution in [1.29, 1.82) is 0 Å². The van der Waals surface area contributed by atoms with Crippen LogP contribution in [-0.2, 0) is 27.9 Å². The molecule has 3 atom stereocenters. The monoisotopic (exact) mass is 421 g/mol. The Balaban J connectivity index is 0. The summed E-state index contributed by atoms with van der Waals surface area (Å²) in [6.07, 6.45) is 5.51. The number of unbranched alkanes of at least 4 members (excludes halogenated alkanes) is 4. The van der Waals surface area contributed by atoms with Crippen LogP contribution < -0.4 is 40.4 Å². The predicted octanol–water partition coefficient (Wildman–Crippen LogP) is -2.02. The topological polar surface area (TPSA) is 140 Å². The molecule has 156 valence electrons. The molecule has 0 saturated carbocycles. The van der Waals surface area contributed by atoms with Crippen molar-refractivity contribution in [2.45, 2.75) is 64.5 Å². The van der Waals surface area contributed by atoms with E-state index in [9.17, 15) is 19.4 Å². The van der Waals surface area contributed by atoms with Gasteiger partial charge in [0, 0.05) is 13.2 Å². The third-order valence-corrected chi connectivity index (χ3v) is 4.39. The molecule has 0 aliphatic heterocycles. The molecule has 0 bridgehead atoms. The Kier molecular flexibility index (Phi) is 20.3. The van der Waals surface area contributed by atoms with Gasteiger partial charge in [-0.05, 0) is 12.8 Å². The van der Waals surface area contributed by atoms with Crippen molar-refractivity contribution in [3.8, 4) is 0 Å². The molecule has 0 rings (SSSR count). The molecule has 3 N–H and O–H groups in total. The van der Waals surface area contributed by atoms with Crippen LogP contribution in [0.2, 0.25) is 0 Å². The van der Waals surface area contributed by atoms with Gasteiger partial charge in [0.25, 0.3) is 0 Å². The summed E-state index contributed by atoms with van der Waals surface area (Å²) >= 11 is 0. The van der Waals surface area contributed by atoms with Crippen LogP contribution in [-0.4, -0.2) is 56.0 Å². The number of ether oxygens (including phenoxy) is 2. The van der Waals surface area contributed by atoms with Gasteiger partial charge in [-0.1, -0.05) is 39.5 Å². The summed E-state index contributed by atoms with van der Waals surface area (Å²) < 4.78 is 32.4. The molecule has 0 heterocycles. The zero-order valence-electron chi connectivity index (χ0n) is 16.8. The van der Waals surface area contributed by atoms with Gasteiger partial charge in [0.05, 0.1) is 31.8 Å². The third kappa shape index (κ3) is 18.2. The Labute approximate surface area is 184 Å². The van der Waals surface area contributed by atoms with Crippen LogP contribution >= 0.6 is 7.82 Å². The Hall–Kier alpha value is 0.460. The van der Waals surface area contributed by atoms with Gasteiger partial charge < -0.3 is 30.0 Å². The normalized spacial score (nSPS) is 15.6. The van der Waals surface area contributed by atoms with Gasteiger partial charge in [0.1, 0.15) is 6.10 Å². The summed E-state index contributed by atoms with van der Waals surface area (Å²) in [7, 11) is -4.44. The van der Waals surface area contributed by atoms with E-state index in [0.717, 1.165) is 38.5 Å². The number of aliphatic carboxylic acids is 1. The maximum Gasteiger partial charge on any atom is 1.00 e. The smallest absolute Gasteiger partial charge is 0.548 e. The molecule has 0 radical (unpaired) electrons. The first-order chi connectivity index (χ1) is 12.3. The van der Waals surface area contributed by atoms with E-state index in [1.54, 1.807) is 0 Å². The van der Waals surface area contributed by atoms with Crippen LogP contribution in [0.25, 0.3) is 0 Å². The summed E-state index contributed by atoms with van der Waals surface area (Å²) in [4.78, 5) is 20.1. The average molecular weight is 421 g/mol. The molecule has 1 unspecified atom stereocenters. The van der Waals surface area contributed by atoms with Crippen molar-refractivity contribution < 1.29 is 67.4 Å². The summed E-state index contributed by atoms with van der Waals surface area (Å²) in [6.45, 7) is 4.57. The SMILES string of the molecule is CCCCCOC[C@H](COP(=O)(O)OC[C@H](N)C(=O)[O-])OCCCCC.[Na+]. The molecule has 0 aromatic heterocycles. The van der Waals surface area contributed by atoms with Gasteiger partial charge in [-0.15, -0.1) is 0 Å². The molecule has 0 aliphatic rings. The van der Waals surface area contributed by atoms with Crippen LogP contribution in [0.4, 0.5) is 0 Å². The van der Waals surface area contributed by atoms with Gasteiger partial charge in [0.15, 0.2) is 0 Å². The Bertz CT molecular complexity index is 416. The second-order valence-electron chi connectivity index (χ2n) is 5.97. The Morgan fingerprint density at radius 2 is 1.59 bits per heavy atom. The predicted molar refractivity (Wildman–Crippen MR) is 94.3 cm³/mol. The second-order valence-corrected chi connectivity index (χ2v) is 7.42. The van der Waals surface area contributed by atoms with E-state index < -0.39 is 32.5 Å². The fraction of sp³-hybridized carbons (Fsp3) is 0.938. The molecular weight excluding hydrogens is 388 g/mol. The van der Waals surface area contributed by atoms with Crippen LogP contribution in [0.3, 0.4) is 0 Å². The minimum atomic E-state index is -4.44. The van der Waals surface area contributed by atoms with E-state index in [1.165, 1.54) is 0 Å². The van der Waals surface area contributed by atoms with Crippen molar-refractivity contribution in [2.24, 2.45) is 5.73 Å². The number of nitrogens with two attached hydrogens (primary N) is 1. The molecular formula is C16H33NNaO8P. The first-order valence-corrected chi connectivity index (χ1v) is 10.6. The molecule has 0 aromatic carbocycles.